The first kappa shape index (κ1) is 20.0. The second-order valence-corrected chi connectivity index (χ2v) is 8.51. The van der Waals surface area contributed by atoms with Crippen LogP contribution in [0.4, 0.5) is 10.8 Å². The van der Waals surface area contributed by atoms with Gasteiger partial charge >= 0.3 is 0 Å². The van der Waals surface area contributed by atoms with E-state index in [2.05, 4.69) is 43.2 Å². The molecule has 2 aromatic carbocycles. The minimum absolute atomic E-state index is 0.0150. The average Bonchev–Trinajstić information content (AvgIpc) is 3.09. The number of carbonyl (C=O) groups excluding carboxylic acids is 1. The third-order valence-corrected chi connectivity index (χ3v) is 5.25. The monoisotopic (exact) mass is 415 g/mol. The first-order valence-corrected chi connectivity index (χ1v) is 9.72. The maximum atomic E-state index is 12.4. The van der Waals surface area contributed by atoms with Gasteiger partial charge in [0.25, 0.3) is 11.6 Å². The van der Waals surface area contributed by atoms with Crippen molar-refractivity contribution >= 4 is 39.7 Å². The van der Waals surface area contributed by atoms with Crippen LogP contribution in [0.5, 0.6) is 0 Å². The Morgan fingerprint density at radius 3 is 2.43 bits per heavy atom. The lowest BCUT2D eigenvalue weighted by Gasteiger charge is -2.18. The maximum Gasteiger partial charge on any atom is 0.270 e. The molecular formula is C20H18ClN3O3S. The number of aromatic nitrogens is 1. The molecule has 0 saturated carbocycles. The summed E-state index contributed by atoms with van der Waals surface area (Å²) in [6.45, 7) is 6.46. The van der Waals surface area contributed by atoms with E-state index in [1.54, 1.807) is 0 Å². The zero-order valence-electron chi connectivity index (χ0n) is 15.5. The molecule has 1 amide bonds. The largest absolute Gasteiger partial charge is 0.298 e. The second-order valence-electron chi connectivity index (χ2n) is 7.24. The number of carbonyl (C=O) groups is 1. The number of nitro groups is 1. The average molecular weight is 416 g/mol. The van der Waals surface area contributed by atoms with E-state index >= 15 is 0 Å². The number of non-ortho nitro benzene ring substituents is 1. The minimum Gasteiger partial charge on any atom is -0.298 e. The summed E-state index contributed by atoms with van der Waals surface area (Å²) in [6.07, 6.45) is 0. The summed E-state index contributed by atoms with van der Waals surface area (Å²) in [7, 11) is 0. The SMILES string of the molecule is CC(C)(C)c1ccc(-c2csc(NC(=O)c3ccc([N+](=O)[O-])cc3Cl)n2)cc1. The number of amides is 1. The molecule has 0 aliphatic carbocycles. The number of hydrogen-bond donors (Lipinski definition) is 1. The summed E-state index contributed by atoms with van der Waals surface area (Å²) in [5.41, 5.74) is 3.00. The smallest absolute Gasteiger partial charge is 0.270 e. The van der Waals surface area contributed by atoms with Crippen LogP contribution in [0.1, 0.15) is 36.7 Å². The van der Waals surface area contributed by atoms with E-state index in [4.69, 9.17) is 11.6 Å². The molecule has 0 bridgehead atoms. The van der Waals surface area contributed by atoms with E-state index < -0.39 is 10.8 Å². The number of nitrogens with zero attached hydrogens (tertiary/aromatic N) is 2. The molecule has 144 valence electrons. The Labute approximate surface area is 171 Å². The summed E-state index contributed by atoms with van der Waals surface area (Å²) >= 11 is 7.30. The van der Waals surface area contributed by atoms with Gasteiger partial charge in [0.05, 0.1) is 21.2 Å². The fraction of sp³-hybridized carbons (Fsp3) is 0.200. The van der Waals surface area contributed by atoms with Gasteiger partial charge in [-0.15, -0.1) is 11.3 Å². The Kier molecular flexibility index (Phi) is 5.49. The molecule has 0 saturated heterocycles. The summed E-state index contributed by atoms with van der Waals surface area (Å²) in [6, 6.07) is 11.9. The highest BCUT2D eigenvalue weighted by atomic mass is 35.5. The number of anilines is 1. The normalized spacial score (nSPS) is 11.3. The van der Waals surface area contributed by atoms with Crippen molar-refractivity contribution in [2.45, 2.75) is 26.2 Å². The molecule has 3 aromatic rings. The fourth-order valence-electron chi connectivity index (χ4n) is 2.57. The van der Waals surface area contributed by atoms with Crippen molar-refractivity contribution < 1.29 is 9.72 Å². The molecule has 6 nitrogen and oxygen atoms in total. The highest BCUT2D eigenvalue weighted by Crippen LogP contribution is 2.29. The Morgan fingerprint density at radius 2 is 1.86 bits per heavy atom. The van der Waals surface area contributed by atoms with E-state index in [1.807, 2.05) is 17.5 Å². The van der Waals surface area contributed by atoms with Crippen molar-refractivity contribution in [3.05, 3.63) is 74.1 Å². The minimum atomic E-state index is -0.564. The molecular weight excluding hydrogens is 398 g/mol. The van der Waals surface area contributed by atoms with E-state index in [1.165, 1.54) is 29.0 Å². The van der Waals surface area contributed by atoms with Crippen LogP contribution >= 0.6 is 22.9 Å². The van der Waals surface area contributed by atoms with Crippen LogP contribution in [0.2, 0.25) is 5.02 Å². The van der Waals surface area contributed by atoms with Gasteiger partial charge in [0.1, 0.15) is 0 Å². The summed E-state index contributed by atoms with van der Waals surface area (Å²) in [4.78, 5) is 27.1. The summed E-state index contributed by atoms with van der Waals surface area (Å²) in [5, 5.41) is 15.8. The van der Waals surface area contributed by atoms with Gasteiger partial charge in [-0.25, -0.2) is 4.98 Å². The maximum absolute atomic E-state index is 12.4. The molecule has 0 aliphatic heterocycles. The van der Waals surface area contributed by atoms with Crippen LogP contribution in [0.15, 0.2) is 47.8 Å². The predicted molar refractivity (Wildman–Crippen MR) is 112 cm³/mol. The lowest BCUT2D eigenvalue weighted by Crippen LogP contribution is -2.12. The van der Waals surface area contributed by atoms with E-state index in [0.717, 1.165) is 17.3 Å². The van der Waals surface area contributed by atoms with Gasteiger partial charge in [0, 0.05) is 23.1 Å². The lowest BCUT2D eigenvalue weighted by atomic mass is 9.86. The topological polar surface area (TPSA) is 85.1 Å². The van der Waals surface area contributed by atoms with E-state index in [0.29, 0.717) is 5.13 Å². The molecule has 1 aromatic heterocycles. The highest BCUT2D eigenvalue weighted by Gasteiger charge is 2.17. The third-order valence-electron chi connectivity index (χ3n) is 4.18. The van der Waals surface area contributed by atoms with Crippen LogP contribution in [0.3, 0.4) is 0 Å². The fourth-order valence-corrected chi connectivity index (χ4v) is 3.55. The first-order chi connectivity index (χ1) is 13.1. The molecule has 3 rings (SSSR count). The Hall–Kier alpha value is -2.77. The van der Waals surface area contributed by atoms with Gasteiger partial charge < -0.3 is 0 Å². The van der Waals surface area contributed by atoms with Crippen LogP contribution in [-0.4, -0.2) is 15.8 Å². The van der Waals surface area contributed by atoms with Crippen LogP contribution < -0.4 is 5.32 Å². The van der Waals surface area contributed by atoms with Gasteiger partial charge in [-0.1, -0.05) is 56.6 Å². The summed E-state index contributed by atoms with van der Waals surface area (Å²) in [5.74, 6) is -0.469. The van der Waals surface area contributed by atoms with Crippen molar-refractivity contribution in [1.29, 1.82) is 0 Å². The van der Waals surface area contributed by atoms with Gasteiger partial charge in [0.2, 0.25) is 0 Å². The Bertz CT molecular complexity index is 1040. The molecule has 0 radical (unpaired) electrons. The molecule has 8 heteroatoms. The Balaban J connectivity index is 1.76. The Morgan fingerprint density at radius 1 is 1.18 bits per heavy atom. The van der Waals surface area contributed by atoms with Crippen LogP contribution in [-0.2, 0) is 5.41 Å². The number of halogens is 1. The molecule has 1 N–H and O–H groups in total. The predicted octanol–water partition coefficient (Wildman–Crippen LogP) is 5.92. The van der Waals surface area contributed by atoms with Crippen molar-refractivity contribution in [2.24, 2.45) is 0 Å². The molecule has 0 aliphatic rings. The lowest BCUT2D eigenvalue weighted by molar-refractivity contribution is -0.384. The molecule has 0 fully saturated rings. The number of nitrogens with one attached hydrogen (secondary N) is 1. The summed E-state index contributed by atoms with van der Waals surface area (Å²) < 4.78 is 0. The van der Waals surface area contributed by atoms with Crippen LogP contribution in [0, 0.1) is 10.1 Å². The van der Waals surface area contributed by atoms with E-state index in [-0.39, 0.29) is 21.7 Å². The standard InChI is InChI=1S/C20H18ClN3O3S/c1-20(2,3)13-6-4-12(5-7-13)17-11-28-19(22-17)23-18(25)15-9-8-14(24(26)27)10-16(15)21/h4-11H,1-3H3,(H,22,23,25). The first-order valence-electron chi connectivity index (χ1n) is 8.47. The van der Waals surface area contributed by atoms with Gasteiger partial charge in [0.15, 0.2) is 5.13 Å². The zero-order valence-corrected chi connectivity index (χ0v) is 17.1. The van der Waals surface area contributed by atoms with Crippen molar-refractivity contribution in [1.82, 2.24) is 4.98 Å². The number of hydrogen-bond acceptors (Lipinski definition) is 5. The van der Waals surface area contributed by atoms with Crippen molar-refractivity contribution in [2.75, 3.05) is 5.32 Å². The molecule has 0 unspecified atom stereocenters. The molecule has 1 heterocycles. The van der Waals surface area contributed by atoms with Gasteiger partial charge in [-0.3, -0.25) is 20.2 Å². The highest BCUT2D eigenvalue weighted by molar-refractivity contribution is 7.14. The zero-order chi connectivity index (χ0) is 20.5. The van der Waals surface area contributed by atoms with Crippen molar-refractivity contribution in [3.8, 4) is 11.3 Å². The van der Waals surface area contributed by atoms with Crippen molar-refractivity contribution in [3.63, 3.8) is 0 Å². The van der Waals surface area contributed by atoms with Crippen LogP contribution in [0.25, 0.3) is 11.3 Å². The number of benzene rings is 2. The van der Waals surface area contributed by atoms with E-state index in [9.17, 15) is 14.9 Å². The quantitative estimate of drug-likeness (QED) is 0.423. The number of rotatable bonds is 4. The van der Waals surface area contributed by atoms with Gasteiger partial charge in [-0.05, 0) is 17.0 Å². The number of thiazole rings is 1. The second kappa shape index (κ2) is 7.69. The molecule has 28 heavy (non-hydrogen) atoms. The molecule has 0 spiro atoms. The van der Waals surface area contributed by atoms with Gasteiger partial charge in [-0.2, -0.15) is 0 Å². The third kappa shape index (κ3) is 4.37. The number of nitro benzene ring substituents is 1. The molecule has 0 atom stereocenters.